The number of hydrogen-bond donors (Lipinski definition) is 1. The molecule has 5 nitrogen and oxygen atoms in total. The van der Waals surface area contributed by atoms with Gasteiger partial charge in [0.25, 0.3) is 5.56 Å². The zero-order valence-corrected chi connectivity index (χ0v) is 14.5. The highest BCUT2D eigenvalue weighted by atomic mass is 16.1. The van der Waals surface area contributed by atoms with Gasteiger partial charge < -0.3 is 9.88 Å². The molecular weight excluding hydrogens is 300 g/mol. The van der Waals surface area contributed by atoms with Gasteiger partial charge >= 0.3 is 0 Å². The minimum atomic E-state index is -0.0858. The van der Waals surface area contributed by atoms with Gasteiger partial charge in [0, 0.05) is 50.9 Å². The van der Waals surface area contributed by atoms with Crippen molar-refractivity contribution in [2.45, 2.75) is 20.4 Å². The molecule has 0 saturated carbocycles. The van der Waals surface area contributed by atoms with Crippen LogP contribution in [-0.4, -0.2) is 52.5 Å². The molecule has 0 atom stereocenters. The van der Waals surface area contributed by atoms with E-state index < -0.39 is 0 Å². The quantitative estimate of drug-likeness (QED) is 0.915. The van der Waals surface area contributed by atoms with Crippen molar-refractivity contribution in [3.8, 4) is 11.4 Å². The van der Waals surface area contributed by atoms with Gasteiger partial charge in [0.05, 0.1) is 5.69 Å². The van der Waals surface area contributed by atoms with E-state index in [9.17, 15) is 4.79 Å². The molecule has 1 fully saturated rings. The van der Waals surface area contributed by atoms with E-state index in [0.717, 1.165) is 50.5 Å². The summed E-state index contributed by atoms with van der Waals surface area (Å²) in [7, 11) is 0. The van der Waals surface area contributed by atoms with Crippen LogP contribution in [0.3, 0.4) is 0 Å². The van der Waals surface area contributed by atoms with Crippen molar-refractivity contribution >= 4 is 0 Å². The largest absolute Gasteiger partial charge is 0.307 e. The van der Waals surface area contributed by atoms with Crippen LogP contribution in [-0.2, 0) is 6.54 Å². The average Bonchev–Trinajstić information content (AvgIpc) is 2.56. The summed E-state index contributed by atoms with van der Waals surface area (Å²) in [6.45, 7) is 10.7. The minimum Gasteiger partial charge on any atom is -0.307 e. The predicted octanol–water partition coefficient (Wildman–Crippen LogP) is 2.21. The van der Waals surface area contributed by atoms with Gasteiger partial charge in [0.15, 0.2) is 0 Å². The van der Waals surface area contributed by atoms with Gasteiger partial charge in [-0.2, -0.15) is 0 Å². The van der Waals surface area contributed by atoms with Gasteiger partial charge in [-0.05, 0) is 5.92 Å². The number of H-pyrrole nitrogens is 1. The molecule has 1 aliphatic heterocycles. The summed E-state index contributed by atoms with van der Waals surface area (Å²) < 4.78 is 0. The van der Waals surface area contributed by atoms with Crippen LogP contribution in [0.1, 0.15) is 19.5 Å². The van der Waals surface area contributed by atoms with Crippen LogP contribution in [0.4, 0.5) is 0 Å². The second-order valence-corrected chi connectivity index (χ2v) is 6.92. The number of benzene rings is 1. The highest BCUT2D eigenvalue weighted by Crippen LogP contribution is 2.14. The number of rotatable bonds is 5. The van der Waals surface area contributed by atoms with Crippen molar-refractivity contribution in [3.05, 3.63) is 52.4 Å². The monoisotopic (exact) mass is 326 g/mol. The molecule has 24 heavy (non-hydrogen) atoms. The first-order chi connectivity index (χ1) is 11.6. The van der Waals surface area contributed by atoms with Crippen molar-refractivity contribution in [2.75, 3.05) is 32.7 Å². The summed E-state index contributed by atoms with van der Waals surface area (Å²) in [5.74, 6) is 1.36. The Morgan fingerprint density at radius 3 is 2.42 bits per heavy atom. The van der Waals surface area contributed by atoms with Crippen LogP contribution >= 0.6 is 0 Å². The average molecular weight is 326 g/mol. The third-order valence-corrected chi connectivity index (χ3v) is 4.32. The maximum Gasteiger partial charge on any atom is 0.251 e. The van der Waals surface area contributed by atoms with E-state index in [0.29, 0.717) is 11.7 Å². The summed E-state index contributed by atoms with van der Waals surface area (Å²) in [4.78, 5) is 24.4. The van der Waals surface area contributed by atoms with Gasteiger partial charge in [-0.3, -0.25) is 9.69 Å². The molecule has 1 N–H and O–H groups in total. The first-order valence-corrected chi connectivity index (χ1v) is 8.70. The van der Waals surface area contributed by atoms with E-state index >= 15 is 0 Å². The molecular formula is C19H26N4O. The summed E-state index contributed by atoms with van der Waals surface area (Å²) >= 11 is 0. The highest BCUT2D eigenvalue weighted by molar-refractivity contribution is 5.54. The first-order valence-electron chi connectivity index (χ1n) is 8.70. The number of piperazine rings is 1. The van der Waals surface area contributed by atoms with Crippen molar-refractivity contribution in [3.63, 3.8) is 0 Å². The predicted molar refractivity (Wildman–Crippen MR) is 96.8 cm³/mol. The molecule has 0 amide bonds. The Kier molecular flexibility index (Phi) is 5.43. The first kappa shape index (κ1) is 16.9. The molecule has 2 aromatic rings. The fraction of sp³-hybridized carbons (Fsp3) is 0.474. The van der Waals surface area contributed by atoms with Gasteiger partial charge in [-0.1, -0.05) is 44.2 Å². The topological polar surface area (TPSA) is 52.2 Å². The van der Waals surface area contributed by atoms with E-state index in [1.54, 1.807) is 6.07 Å². The second-order valence-electron chi connectivity index (χ2n) is 6.92. The van der Waals surface area contributed by atoms with Crippen LogP contribution < -0.4 is 5.56 Å². The van der Waals surface area contributed by atoms with E-state index in [4.69, 9.17) is 0 Å². The van der Waals surface area contributed by atoms with E-state index in [2.05, 4.69) is 33.6 Å². The van der Waals surface area contributed by atoms with Gasteiger partial charge in [0.1, 0.15) is 5.82 Å². The smallest absolute Gasteiger partial charge is 0.251 e. The molecule has 128 valence electrons. The van der Waals surface area contributed by atoms with Crippen LogP contribution in [0.15, 0.2) is 41.2 Å². The fourth-order valence-corrected chi connectivity index (χ4v) is 3.20. The number of hydrogen-bond acceptors (Lipinski definition) is 4. The molecule has 1 aliphatic rings. The van der Waals surface area contributed by atoms with E-state index in [1.165, 1.54) is 0 Å². The number of nitrogens with one attached hydrogen (secondary N) is 1. The van der Waals surface area contributed by atoms with Gasteiger partial charge in [0.2, 0.25) is 0 Å². The normalized spacial score (nSPS) is 16.6. The van der Waals surface area contributed by atoms with Gasteiger partial charge in [-0.15, -0.1) is 0 Å². The fourth-order valence-electron chi connectivity index (χ4n) is 3.20. The molecule has 2 heterocycles. The lowest BCUT2D eigenvalue weighted by Gasteiger charge is -2.35. The summed E-state index contributed by atoms with van der Waals surface area (Å²) in [5, 5.41) is 0. The van der Waals surface area contributed by atoms with E-state index in [-0.39, 0.29) is 5.56 Å². The zero-order valence-electron chi connectivity index (χ0n) is 14.5. The molecule has 0 bridgehead atoms. The lowest BCUT2D eigenvalue weighted by molar-refractivity contribution is 0.116. The SMILES string of the molecule is CC(C)CN1CCN(Cc2cc(=O)[nH]c(-c3ccccc3)n2)CC1. The lowest BCUT2D eigenvalue weighted by atomic mass is 10.2. The molecule has 1 aromatic carbocycles. The van der Waals surface area contributed by atoms with Crippen molar-refractivity contribution in [1.82, 2.24) is 19.8 Å². The number of aromatic amines is 1. The third kappa shape index (κ3) is 4.52. The van der Waals surface area contributed by atoms with Crippen LogP contribution in [0.2, 0.25) is 0 Å². The Hall–Kier alpha value is -1.98. The van der Waals surface area contributed by atoms with Crippen molar-refractivity contribution < 1.29 is 0 Å². The standard InChI is InChI=1S/C19H26N4O/c1-15(2)13-22-8-10-23(11-9-22)14-17-12-18(24)21-19(20-17)16-6-4-3-5-7-16/h3-7,12,15H,8-11,13-14H2,1-2H3,(H,20,21,24). The second kappa shape index (κ2) is 7.73. The van der Waals surface area contributed by atoms with Crippen molar-refractivity contribution in [1.29, 1.82) is 0 Å². The summed E-state index contributed by atoms with van der Waals surface area (Å²) in [5.41, 5.74) is 1.70. The third-order valence-electron chi connectivity index (χ3n) is 4.32. The van der Waals surface area contributed by atoms with Gasteiger partial charge in [-0.25, -0.2) is 4.98 Å². The molecule has 0 unspecified atom stereocenters. The highest BCUT2D eigenvalue weighted by Gasteiger charge is 2.18. The zero-order chi connectivity index (χ0) is 16.9. The van der Waals surface area contributed by atoms with Crippen LogP contribution in [0.25, 0.3) is 11.4 Å². The Balaban J connectivity index is 1.66. The van der Waals surface area contributed by atoms with Crippen molar-refractivity contribution in [2.24, 2.45) is 5.92 Å². The molecule has 0 spiro atoms. The molecule has 1 aromatic heterocycles. The Labute approximate surface area is 143 Å². The van der Waals surface area contributed by atoms with E-state index in [1.807, 2.05) is 30.3 Å². The molecule has 3 rings (SSSR count). The Bertz CT molecular complexity index is 703. The maximum atomic E-state index is 12.0. The maximum absolute atomic E-state index is 12.0. The molecule has 0 aliphatic carbocycles. The van der Waals surface area contributed by atoms with Crippen LogP contribution in [0.5, 0.6) is 0 Å². The Morgan fingerprint density at radius 1 is 1.08 bits per heavy atom. The minimum absolute atomic E-state index is 0.0858. The molecule has 5 heteroatoms. The molecule has 1 saturated heterocycles. The molecule has 0 radical (unpaired) electrons. The Morgan fingerprint density at radius 2 is 1.75 bits per heavy atom. The number of aromatic nitrogens is 2. The lowest BCUT2D eigenvalue weighted by Crippen LogP contribution is -2.47. The summed E-state index contributed by atoms with van der Waals surface area (Å²) in [6.07, 6.45) is 0. The van der Waals surface area contributed by atoms with Crippen LogP contribution in [0, 0.1) is 5.92 Å². The number of nitrogens with zero attached hydrogens (tertiary/aromatic N) is 3. The summed E-state index contributed by atoms with van der Waals surface area (Å²) in [6, 6.07) is 11.4.